The van der Waals surface area contributed by atoms with Crippen LogP contribution >= 0.6 is 11.6 Å². The van der Waals surface area contributed by atoms with Gasteiger partial charge in [-0.25, -0.2) is 4.98 Å². The molecule has 10 nitrogen and oxygen atoms in total. The minimum Gasteiger partial charge on any atom is -0.383 e. The third-order valence-electron chi connectivity index (χ3n) is 5.98. The average molecular weight is 539 g/mol. The maximum Gasteiger partial charge on any atom is 0.247 e. The molecule has 194 valence electrons. The summed E-state index contributed by atoms with van der Waals surface area (Å²) in [6.07, 6.45) is 6.29. The first-order valence-electron chi connectivity index (χ1n) is 12.0. The van der Waals surface area contributed by atoms with E-state index in [9.17, 15) is 9.59 Å². The number of benzene rings is 3. The van der Waals surface area contributed by atoms with E-state index in [1.54, 1.807) is 42.6 Å². The molecule has 11 heteroatoms. The molecule has 5 rings (SSSR count). The summed E-state index contributed by atoms with van der Waals surface area (Å²) < 4.78 is 1.47. The third kappa shape index (κ3) is 6.25. The number of carbonyl (C=O) groups excluding carboxylic acids is 2. The number of tetrazole rings is 1. The van der Waals surface area contributed by atoms with Crippen molar-refractivity contribution in [2.24, 2.45) is 0 Å². The van der Waals surface area contributed by atoms with Crippen molar-refractivity contribution in [3.63, 3.8) is 0 Å². The number of nitrogens with one attached hydrogen (secondary N) is 2. The lowest BCUT2D eigenvalue weighted by Gasteiger charge is -2.18. The topological polar surface area (TPSA) is 141 Å². The molecule has 0 saturated carbocycles. The Kier molecular flexibility index (Phi) is 7.56. The summed E-state index contributed by atoms with van der Waals surface area (Å²) in [6.45, 7) is 0. The molecule has 3 aromatic carbocycles. The Balaban J connectivity index is 1.36. The van der Waals surface area contributed by atoms with Crippen molar-refractivity contribution in [2.75, 3.05) is 11.1 Å². The van der Waals surface area contributed by atoms with Gasteiger partial charge in [0.05, 0.1) is 5.69 Å². The summed E-state index contributed by atoms with van der Waals surface area (Å²) in [6, 6.07) is 20.9. The Bertz CT molecular complexity index is 1660. The second kappa shape index (κ2) is 11.5. The summed E-state index contributed by atoms with van der Waals surface area (Å²) >= 11 is 6.17. The minimum absolute atomic E-state index is 0.295. The number of nitrogens with two attached hydrogens (primary N) is 1. The van der Waals surface area contributed by atoms with E-state index in [-0.39, 0.29) is 5.91 Å². The van der Waals surface area contributed by atoms with Crippen molar-refractivity contribution in [2.45, 2.75) is 12.5 Å². The van der Waals surface area contributed by atoms with E-state index in [1.807, 2.05) is 42.5 Å². The van der Waals surface area contributed by atoms with Crippen LogP contribution in [0.4, 0.5) is 11.5 Å². The lowest BCUT2D eigenvalue weighted by Crippen LogP contribution is -2.44. The smallest absolute Gasteiger partial charge is 0.247 e. The van der Waals surface area contributed by atoms with E-state index in [2.05, 4.69) is 31.1 Å². The van der Waals surface area contributed by atoms with Crippen molar-refractivity contribution in [3.05, 3.63) is 108 Å². The molecule has 4 N–H and O–H groups in total. The molecule has 0 spiro atoms. The number of pyridine rings is 1. The molecule has 0 bridgehead atoms. The maximum absolute atomic E-state index is 13.4. The highest BCUT2D eigenvalue weighted by atomic mass is 35.5. The lowest BCUT2D eigenvalue weighted by atomic mass is 10.0. The Morgan fingerprint density at radius 1 is 1.05 bits per heavy atom. The molecule has 0 fully saturated rings. The predicted octanol–water partition coefficient (Wildman–Crippen LogP) is 3.83. The van der Waals surface area contributed by atoms with Gasteiger partial charge in [-0.2, -0.15) is 4.68 Å². The van der Waals surface area contributed by atoms with Gasteiger partial charge in [0.1, 0.15) is 18.2 Å². The first-order chi connectivity index (χ1) is 19.0. The van der Waals surface area contributed by atoms with Gasteiger partial charge < -0.3 is 16.4 Å². The molecular weight excluding hydrogens is 516 g/mol. The van der Waals surface area contributed by atoms with E-state index in [0.29, 0.717) is 34.2 Å². The van der Waals surface area contributed by atoms with Crippen molar-refractivity contribution >= 4 is 51.8 Å². The van der Waals surface area contributed by atoms with Crippen molar-refractivity contribution < 1.29 is 9.59 Å². The highest BCUT2D eigenvalue weighted by Gasteiger charge is 2.21. The van der Waals surface area contributed by atoms with E-state index in [4.69, 9.17) is 17.3 Å². The predicted molar refractivity (Wildman–Crippen MR) is 150 cm³/mol. The number of aromatic nitrogens is 5. The van der Waals surface area contributed by atoms with Gasteiger partial charge in [-0.15, -0.1) is 5.10 Å². The molecular formula is C28H23ClN8O2. The van der Waals surface area contributed by atoms with Crippen LogP contribution in [-0.4, -0.2) is 43.0 Å². The molecule has 2 heterocycles. The SMILES string of the molecule is Nc1nccc2cc(NC(=O)[C@H](Cc3ccccc3)NC(=O)/C=C/c3cc(Cl)ccc3-n3cnnn3)ccc12. The number of fused-ring (bicyclic) bond motifs is 1. The van der Waals surface area contributed by atoms with Gasteiger partial charge in [0.25, 0.3) is 0 Å². The van der Waals surface area contributed by atoms with Gasteiger partial charge in [-0.1, -0.05) is 41.9 Å². The monoisotopic (exact) mass is 538 g/mol. The summed E-state index contributed by atoms with van der Waals surface area (Å²) in [4.78, 5) is 30.4. The number of hydrogen-bond donors (Lipinski definition) is 3. The molecule has 0 aliphatic carbocycles. The van der Waals surface area contributed by atoms with Crippen LogP contribution in [0.5, 0.6) is 0 Å². The van der Waals surface area contributed by atoms with Gasteiger partial charge in [-0.3, -0.25) is 9.59 Å². The second-order valence-corrected chi connectivity index (χ2v) is 9.10. The third-order valence-corrected chi connectivity index (χ3v) is 6.21. The van der Waals surface area contributed by atoms with Crippen LogP contribution in [0.3, 0.4) is 0 Å². The van der Waals surface area contributed by atoms with Crippen LogP contribution in [0.1, 0.15) is 11.1 Å². The van der Waals surface area contributed by atoms with Crippen LogP contribution in [0.25, 0.3) is 22.5 Å². The quantitative estimate of drug-likeness (QED) is 0.255. The fourth-order valence-electron chi connectivity index (χ4n) is 4.09. The molecule has 1 atom stereocenters. The van der Waals surface area contributed by atoms with Crippen LogP contribution in [0, 0.1) is 0 Å². The van der Waals surface area contributed by atoms with E-state index in [0.717, 1.165) is 16.3 Å². The van der Waals surface area contributed by atoms with Crippen LogP contribution in [0.2, 0.25) is 5.02 Å². The van der Waals surface area contributed by atoms with E-state index >= 15 is 0 Å². The summed E-state index contributed by atoms with van der Waals surface area (Å²) in [5, 5.41) is 19.1. The van der Waals surface area contributed by atoms with Gasteiger partial charge in [-0.05, 0) is 69.9 Å². The molecule has 5 aromatic rings. The Labute approximate surface area is 228 Å². The Hall–Kier alpha value is -5.09. The molecule has 2 aromatic heterocycles. The molecule has 0 unspecified atom stereocenters. The van der Waals surface area contributed by atoms with Crippen LogP contribution in [-0.2, 0) is 16.0 Å². The summed E-state index contributed by atoms with van der Waals surface area (Å²) in [5.41, 5.74) is 8.68. The number of rotatable bonds is 8. The van der Waals surface area contributed by atoms with Crippen molar-refractivity contribution in [3.8, 4) is 5.69 Å². The Morgan fingerprint density at radius 2 is 1.90 bits per heavy atom. The maximum atomic E-state index is 13.4. The number of halogens is 1. The first kappa shape index (κ1) is 25.6. The number of nitrogen functional groups attached to an aromatic ring is 1. The summed E-state index contributed by atoms with van der Waals surface area (Å²) in [7, 11) is 0. The minimum atomic E-state index is -0.846. The zero-order valence-corrected chi connectivity index (χ0v) is 21.3. The first-order valence-corrected chi connectivity index (χ1v) is 12.3. The second-order valence-electron chi connectivity index (χ2n) is 8.66. The number of carbonyl (C=O) groups is 2. The fraction of sp³-hybridized carbons (Fsp3) is 0.0714. The van der Waals surface area contributed by atoms with Crippen molar-refractivity contribution in [1.82, 2.24) is 30.5 Å². The zero-order valence-electron chi connectivity index (χ0n) is 20.5. The van der Waals surface area contributed by atoms with Crippen LogP contribution < -0.4 is 16.4 Å². The molecule has 2 amide bonds. The molecule has 0 radical (unpaired) electrons. The highest BCUT2D eigenvalue weighted by Crippen LogP contribution is 2.23. The van der Waals surface area contributed by atoms with Gasteiger partial charge in [0.2, 0.25) is 11.8 Å². The van der Waals surface area contributed by atoms with Gasteiger partial charge in [0.15, 0.2) is 0 Å². The van der Waals surface area contributed by atoms with Gasteiger partial charge >= 0.3 is 0 Å². The number of nitrogens with zero attached hydrogens (tertiary/aromatic N) is 5. The normalized spacial score (nSPS) is 11.9. The van der Waals surface area contributed by atoms with Gasteiger partial charge in [0, 0.05) is 40.4 Å². The summed E-state index contributed by atoms with van der Waals surface area (Å²) in [5.74, 6) is -0.403. The number of hydrogen-bond acceptors (Lipinski definition) is 7. The number of amides is 2. The molecule has 39 heavy (non-hydrogen) atoms. The molecule has 0 aliphatic heterocycles. The highest BCUT2D eigenvalue weighted by molar-refractivity contribution is 6.30. The largest absolute Gasteiger partial charge is 0.383 e. The molecule has 0 saturated heterocycles. The standard InChI is InChI=1S/C28H23ClN8O2/c29-21-7-10-25(37-17-32-35-36-37)20(15-21)6-11-26(38)34-24(14-18-4-2-1-3-5-18)28(39)33-22-8-9-23-19(16-22)12-13-31-27(23)30/h1-13,15-17,24H,14H2,(H2,30,31)(H,33,39)(H,34,38)/b11-6+/t24-/m0/s1. The van der Waals surface area contributed by atoms with Crippen LogP contribution in [0.15, 0.2) is 91.4 Å². The van der Waals surface area contributed by atoms with Crippen molar-refractivity contribution in [1.29, 1.82) is 0 Å². The molecule has 0 aliphatic rings. The lowest BCUT2D eigenvalue weighted by molar-refractivity contribution is -0.123. The Morgan fingerprint density at radius 3 is 2.69 bits per heavy atom. The zero-order chi connectivity index (χ0) is 27.2. The number of anilines is 2. The van der Waals surface area contributed by atoms with E-state index in [1.165, 1.54) is 17.1 Å². The van der Waals surface area contributed by atoms with E-state index < -0.39 is 11.9 Å². The fourth-order valence-corrected chi connectivity index (χ4v) is 4.27. The average Bonchev–Trinajstić information content (AvgIpc) is 3.47.